The lowest BCUT2D eigenvalue weighted by molar-refractivity contribution is 0.101. The van der Waals surface area contributed by atoms with Gasteiger partial charge >= 0.3 is 0 Å². The molecule has 2 N–H and O–H groups in total. The maximum absolute atomic E-state index is 14.9. The van der Waals surface area contributed by atoms with Crippen LogP contribution in [0, 0.1) is 5.82 Å². The molecule has 12 heteroatoms. The summed E-state index contributed by atoms with van der Waals surface area (Å²) in [6, 6.07) is 19.9. The molecule has 0 saturated carbocycles. The van der Waals surface area contributed by atoms with Gasteiger partial charge in [-0.3, -0.25) is 14.3 Å². The second-order valence-corrected chi connectivity index (χ2v) is 13.8. The number of nitrogens with one attached hydrogen (secondary N) is 2. The standard InChI is InChI=1S/C31H28FN3O6S2/c1-3-20-13-14-27-25(16-20)29(24-11-7-15-33-31(24)37)30(35(27)18-21-8-4-5-12-26(21)32)28(36)19-43(40,41)23-10-6-9-22(17-23)34-42(2,38)39/h4-17,34H,3,18-19H2,1-2H3,(H,33,37). The number of nitrogens with zero attached hydrogens (tertiary/aromatic N) is 1. The van der Waals surface area contributed by atoms with Crippen LogP contribution in [0.4, 0.5) is 10.1 Å². The molecule has 0 fully saturated rings. The highest BCUT2D eigenvalue weighted by molar-refractivity contribution is 7.92. The first-order valence-corrected chi connectivity index (χ1v) is 16.8. The third kappa shape index (κ3) is 6.30. The van der Waals surface area contributed by atoms with Crippen molar-refractivity contribution in [3.05, 3.63) is 118 Å². The average molecular weight is 622 g/mol. The van der Waals surface area contributed by atoms with Gasteiger partial charge < -0.3 is 9.55 Å². The third-order valence-corrected chi connectivity index (χ3v) is 9.21. The van der Waals surface area contributed by atoms with E-state index in [1.807, 2.05) is 19.1 Å². The Balaban J connectivity index is 1.73. The highest BCUT2D eigenvalue weighted by Gasteiger charge is 2.30. The van der Waals surface area contributed by atoms with Crippen LogP contribution in [0.2, 0.25) is 0 Å². The Morgan fingerprint density at radius 1 is 0.953 bits per heavy atom. The average Bonchev–Trinajstić information content (AvgIpc) is 3.26. The summed E-state index contributed by atoms with van der Waals surface area (Å²) >= 11 is 0. The van der Waals surface area contributed by atoms with E-state index >= 15 is 0 Å². The maximum Gasteiger partial charge on any atom is 0.255 e. The number of H-pyrrole nitrogens is 1. The zero-order valence-corrected chi connectivity index (χ0v) is 24.9. The number of fused-ring (bicyclic) bond motifs is 1. The lowest BCUT2D eigenvalue weighted by Gasteiger charge is -2.13. The van der Waals surface area contributed by atoms with E-state index in [2.05, 4.69) is 9.71 Å². The van der Waals surface area contributed by atoms with Crippen LogP contribution in [0.1, 0.15) is 28.5 Å². The minimum Gasteiger partial charge on any atom is -0.333 e. The lowest BCUT2D eigenvalue weighted by atomic mass is 10.00. The lowest BCUT2D eigenvalue weighted by Crippen LogP contribution is -2.22. The molecule has 2 aromatic heterocycles. The first-order chi connectivity index (χ1) is 20.4. The van der Waals surface area contributed by atoms with Crippen molar-refractivity contribution in [2.45, 2.75) is 24.8 Å². The molecule has 0 spiro atoms. The molecule has 0 unspecified atom stereocenters. The molecule has 0 atom stereocenters. The van der Waals surface area contributed by atoms with Crippen molar-refractivity contribution in [1.29, 1.82) is 0 Å². The highest BCUT2D eigenvalue weighted by atomic mass is 32.2. The molecular weight excluding hydrogens is 593 g/mol. The Morgan fingerprint density at radius 3 is 2.42 bits per heavy atom. The van der Waals surface area contributed by atoms with E-state index in [9.17, 15) is 30.8 Å². The number of aryl methyl sites for hydroxylation is 1. The van der Waals surface area contributed by atoms with Crippen LogP contribution in [0.15, 0.2) is 94.7 Å². The number of hydrogen-bond acceptors (Lipinski definition) is 6. The minimum absolute atomic E-state index is 0.0216. The quantitative estimate of drug-likeness (QED) is 0.216. The second-order valence-electron chi connectivity index (χ2n) is 10.1. The third-order valence-electron chi connectivity index (χ3n) is 6.99. The van der Waals surface area contributed by atoms with Crippen molar-refractivity contribution in [2.24, 2.45) is 0 Å². The van der Waals surface area contributed by atoms with Gasteiger partial charge in [0.2, 0.25) is 10.0 Å². The molecule has 222 valence electrons. The number of sulfone groups is 1. The molecule has 0 amide bonds. The number of rotatable bonds is 10. The van der Waals surface area contributed by atoms with E-state index in [-0.39, 0.29) is 39.5 Å². The van der Waals surface area contributed by atoms with E-state index in [0.717, 1.165) is 17.9 Å². The van der Waals surface area contributed by atoms with Gasteiger partial charge in [-0.25, -0.2) is 21.2 Å². The van der Waals surface area contributed by atoms with Crippen molar-refractivity contribution in [3.8, 4) is 11.1 Å². The Kier molecular flexibility index (Phi) is 8.08. The Hall–Kier alpha value is -4.55. The van der Waals surface area contributed by atoms with E-state index in [1.54, 1.807) is 41.0 Å². The molecule has 0 saturated heterocycles. The number of sulfonamides is 1. The monoisotopic (exact) mass is 621 g/mol. The van der Waals surface area contributed by atoms with E-state index in [4.69, 9.17) is 0 Å². The van der Waals surface area contributed by atoms with Crippen LogP contribution in [0.3, 0.4) is 0 Å². The number of halogens is 1. The molecule has 2 heterocycles. The number of pyridine rings is 1. The topological polar surface area (TPSA) is 135 Å². The molecule has 0 aliphatic heterocycles. The fraction of sp³-hybridized carbons (Fsp3) is 0.161. The predicted molar refractivity (Wildman–Crippen MR) is 164 cm³/mol. The molecule has 5 aromatic rings. The molecule has 9 nitrogen and oxygen atoms in total. The zero-order chi connectivity index (χ0) is 30.9. The molecule has 43 heavy (non-hydrogen) atoms. The summed E-state index contributed by atoms with van der Waals surface area (Å²) < 4.78 is 69.1. The summed E-state index contributed by atoms with van der Waals surface area (Å²) in [6.07, 6.45) is 3.04. The number of anilines is 1. The molecule has 0 aliphatic carbocycles. The van der Waals surface area contributed by atoms with Crippen molar-refractivity contribution < 1.29 is 26.0 Å². The number of aromatic amines is 1. The SMILES string of the molecule is CCc1ccc2c(c1)c(-c1ccc[nH]c1=O)c(C(=O)CS(=O)(=O)c1cccc(NS(C)(=O)=O)c1)n2Cc1ccccc1F. The fourth-order valence-corrected chi connectivity index (χ4v) is 6.85. The molecule has 0 aliphatic rings. The van der Waals surface area contributed by atoms with Gasteiger partial charge in [0, 0.05) is 39.5 Å². The normalized spacial score (nSPS) is 12.0. The van der Waals surface area contributed by atoms with E-state index < -0.39 is 42.8 Å². The van der Waals surface area contributed by atoms with Gasteiger partial charge in [0.1, 0.15) is 11.6 Å². The van der Waals surface area contributed by atoms with Crippen LogP contribution in [0.25, 0.3) is 22.0 Å². The number of ketones is 1. The van der Waals surface area contributed by atoms with E-state index in [1.165, 1.54) is 30.5 Å². The van der Waals surface area contributed by atoms with Crippen LogP contribution in [-0.2, 0) is 32.8 Å². The summed E-state index contributed by atoms with van der Waals surface area (Å²) in [7, 11) is -7.98. The smallest absolute Gasteiger partial charge is 0.255 e. The second kappa shape index (κ2) is 11.6. The Labute approximate surface area is 248 Å². The van der Waals surface area contributed by atoms with Crippen LogP contribution in [-0.4, -0.2) is 44.2 Å². The summed E-state index contributed by atoms with van der Waals surface area (Å²) in [6.45, 7) is 1.85. The van der Waals surface area contributed by atoms with Crippen molar-refractivity contribution in [3.63, 3.8) is 0 Å². The fourth-order valence-electron chi connectivity index (χ4n) is 5.06. The summed E-state index contributed by atoms with van der Waals surface area (Å²) in [5, 5.41) is 0.549. The van der Waals surface area contributed by atoms with Gasteiger partial charge in [-0.2, -0.15) is 0 Å². The maximum atomic E-state index is 14.9. The zero-order valence-electron chi connectivity index (χ0n) is 23.3. The van der Waals surface area contributed by atoms with Crippen LogP contribution < -0.4 is 10.3 Å². The Morgan fingerprint density at radius 2 is 1.72 bits per heavy atom. The van der Waals surface area contributed by atoms with Gasteiger partial charge in [0.05, 0.1) is 23.4 Å². The number of carbonyl (C=O) groups is 1. The molecule has 5 rings (SSSR count). The van der Waals surface area contributed by atoms with Gasteiger partial charge in [0.25, 0.3) is 5.56 Å². The highest BCUT2D eigenvalue weighted by Crippen LogP contribution is 2.36. The first-order valence-electron chi connectivity index (χ1n) is 13.3. The van der Waals surface area contributed by atoms with Gasteiger partial charge in [0.15, 0.2) is 15.6 Å². The van der Waals surface area contributed by atoms with Crippen molar-refractivity contribution >= 4 is 42.2 Å². The van der Waals surface area contributed by atoms with Gasteiger partial charge in [-0.05, 0) is 60.5 Å². The Bertz CT molecular complexity index is 2150. The molecular formula is C31H28FN3O6S2. The summed E-state index contributed by atoms with van der Waals surface area (Å²) in [5.74, 6) is -2.30. The molecule has 3 aromatic carbocycles. The number of benzene rings is 3. The number of hydrogen-bond donors (Lipinski definition) is 2. The van der Waals surface area contributed by atoms with E-state index in [0.29, 0.717) is 17.3 Å². The summed E-state index contributed by atoms with van der Waals surface area (Å²) in [5.41, 5.74) is 1.61. The van der Waals surface area contributed by atoms with Crippen molar-refractivity contribution in [2.75, 3.05) is 16.7 Å². The summed E-state index contributed by atoms with van der Waals surface area (Å²) in [4.78, 5) is 29.6. The first kappa shape index (κ1) is 29.9. The number of carbonyl (C=O) groups excluding carboxylic acids is 1. The van der Waals surface area contributed by atoms with Crippen molar-refractivity contribution in [1.82, 2.24) is 9.55 Å². The minimum atomic E-state index is -4.30. The molecule has 0 radical (unpaired) electrons. The number of aromatic nitrogens is 2. The largest absolute Gasteiger partial charge is 0.333 e. The van der Waals surface area contributed by atoms with Gasteiger partial charge in [-0.1, -0.05) is 37.3 Å². The van der Waals surface area contributed by atoms with Crippen LogP contribution in [0.5, 0.6) is 0 Å². The van der Waals surface area contributed by atoms with Gasteiger partial charge in [-0.15, -0.1) is 0 Å². The van der Waals surface area contributed by atoms with Crippen LogP contribution >= 0.6 is 0 Å². The molecule has 0 bridgehead atoms. The predicted octanol–water partition coefficient (Wildman–Crippen LogP) is 4.77. The number of Topliss-reactive ketones (excluding diaryl/α,β-unsaturated/α-hetero) is 1.